The lowest BCUT2D eigenvalue weighted by Crippen LogP contribution is -2.06. The van der Waals surface area contributed by atoms with Crippen molar-refractivity contribution in [3.63, 3.8) is 0 Å². The van der Waals surface area contributed by atoms with Crippen LogP contribution in [0, 0.1) is 0 Å². The van der Waals surface area contributed by atoms with Crippen LogP contribution in [-0.2, 0) is 14.3 Å². The molecule has 0 aliphatic rings. The first-order valence-electron chi connectivity index (χ1n) is 8.15. The fraction of sp³-hybridized carbons (Fsp3) is 0.938. The molecular formula is C16H32O4. The first-order chi connectivity index (χ1) is 9.81. The van der Waals surface area contributed by atoms with Crippen molar-refractivity contribution in [2.24, 2.45) is 0 Å². The number of esters is 1. The maximum atomic E-state index is 11.4. The zero-order chi connectivity index (χ0) is 14.9. The Hall–Kier alpha value is -0.610. The lowest BCUT2D eigenvalue weighted by molar-refractivity contribution is -0.143. The predicted octanol–water partition coefficient (Wildman–Crippen LogP) is 3.46. The van der Waals surface area contributed by atoms with Crippen molar-refractivity contribution in [1.29, 1.82) is 0 Å². The molecule has 0 saturated heterocycles. The molecule has 0 spiro atoms. The maximum Gasteiger partial charge on any atom is 0.305 e. The lowest BCUT2D eigenvalue weighted by Gasteiger charge is -2.05. The maximum absolute atomic E-state index is 11.4. The third-order valence-electron chi connectivity index (χ3n) is 3.17. The van der Waals surface area contributed by atoms with Gasteiger partial charge in [0.2, 0.25) is 0 Å². The van der Waals surface area contributed by atoms with Gasteiger partial charge in [0.25, 0.3) is 0 Å². The highest BCUT2D eigenvalue weighted by molar-refractivity contribution is 5.69. The second-order valence-electron chi connectivity index (χ2n) is 5.13. The summed E-state index contributed by atoms with van der Waals surface area (Å²) in [7, 11) is 0. The number of hydrogen-bond acceptors (Lipinski definition) is 4. The number of ether oxygens (including phenoxy) is 2. The summed E-state index contributed by atoms with van der Waals surface area (Å²) in [5.74, 6) is -0.0742. The third kappa shape index (κ3) is 15.4. The van der Waals surface area contributed by atoms with Gasteiger partial charge in [-0.25, -0.2) is 0 Å². The zero-order valence-corrected chi connectivity index (χ0v) is 13.1. The lowest BCUT2D eigenvalue weighted by atomic mass is 10.1. The van der Waals surface area contributed by atoms with E-state index < -0.39 is 0 Å². The van der Waals surface area contributed by atoms with Crippen molar-refractivity contribution in [1.82, 2.24) is 0 Å². The largest absolute Gasteiger partial charge is 0.466 e. The molecule has 1 N–H and O–H groups in total. The summed E-state index contributed by atoms with van der Waals surface area (Å²) in [4.78, 5) is 11.4. The van der Waals surface area contributed by atoms with E-state index in [0.717, 1.165) is 32.1 Å². The van der Waals surface area contributed by atoms with E-state index in [2.05, 4.69) is 6.92 Å². The van der Waals surface area contributed by atoms with Crippen molar-refractivity contribution in [2.75, 3.05) is 26.4 Å². The highest BCUT2D eigenvalue weighted by Crippen LogP contribution is 2.06. The molecule has 4 nitrogen and oxygen atoms in total. The molecule has 0 aliphatic heterocycles. The molecule has 0 rings (SSSR count). The quantitative estimate of drug-likeness (QED) is 0.370. The summed E-state index contributed by atoms with van der Waals surface area (Å²) in [6.45, 7) is 3.92. The topological polar surface area (TPSA) is 55.8 Å². The molecule has 4 heteroatoms. The first-order valence-corrected chi connectivity index (χ1v) is 8.15. The Morgan fingerprint density at radius 2 is 1.50 bits per heavy atom. The van der Waals surface area contributed by atoms with Crippen LogP contribution < -0.4 is 0 Å². The SMILES string of the molecule is CCCCCCCCOC(=O)CCCCCOCCO. The van der Waals surface area contributed by atoms with Gasteiger partial charge in [0.15, 0.2) is 0 Å². The van der Waals surface area contributed by atoms with Gasteiger partial charge in [0.05, 0.1) is 19.8 Å². The van der Waals surface area contributed by atoms with Crippen LogP contribution in [0.3, 0.4) is 0 Å². The molecule has 0 aromatic heterocycles. The molecule has 0 aromatic rings. The van der Waals surface area contributed by atoms with Gasteiger partial charge in [-0.2, -0.15) is 0 Å². The van der Waals surface area contributed by atoms with E-state index in [1.165, 1.54) is 25.7 Å². The number of hydrogen-bond donors (Lipinski definition) is 1. The predicted molar refractivity (Wildman–Crippen MR) is 80.7 cm³/mol. The molecule has 120 valence electrons. The van der Waals surface area contributed by atoms with Crippen LogP contribution in [-0.4, -0.2) is 37.5 Å². The number of aliphatic hydroxyl groups is 1. The minimum atomic E-state index is -0.0742. The van der Waals surface area contributed by atoms with Gasteiger partial charge in [-0.15, -0.1) is 0 Å². The van der Waals surface area contributed by atoms with E-state index >= 15 is 0 Å². The van der Waals surface area contributed by atoms with Crippen LogP contribution in [0.1, 0.15) is 71.1 Å². The summed E-state index contributed by atoms with van der Waals surface area (Å²) >= 11 is 0. The van der Waals surface area contributed by atoms with Crippen molar-refractivity contribution in [3.8, 4) is 0 Å². The van der Waals surface area contributed by atoms with Gasteiger partial charge in [0, 0.05) is 13.0 Å². The Morgan fingerprint density at radius 3 is 2.25 bits per heavy atom. The molecule has 0 heterocycles. The summed E-state index contributed by atoms with van der Waals surface area (Å²) < 4.78 is 10.3. The van der Waals surface area contributed by atoms with Crippen LogP contribution >= 0.6 is 0 Å². The van der Waals surface area contributed by atoms with Crippen LogP contribution in [0.5, 0.6) is 0 Å². The number of aliphatic hydroxyl groups excluding tert-OH is 1. The Balaban J connectivity index is 3.13. The average molecular weight is 288 g/mol. The molecule has 0 unspecified atom stereocenters. The standard InChI is InChI=1S/C16H32O4/c1-2-3-4-5-6-10-14-20-16(18)11-8-7-9-13-19-15-12-17/h17H,2-15H2,1H3. The number of rotatable bonds is 15. The summed E-state index contributed by atoms with van der Waals surface area (Å²) in [6, 6.07) is 0. The summed E-state index contributed by atoms with van der Waals surface area (Å²) in [5, 5.41) is 8.52. The second kappa shape index (κ2) is 16.4. The molecule has 0 aromatic carbocycles. The molecular weight excluding hydrogens is 256 g/mol. The highest BCUT2D eigenvalue weighted by atomic mass is 16.5. The monoisotopic (exact) mass is 288 g/mol. The van der Waals surface area contributed by atoms with Gasteiger partial charge in [0.1, 0.15) is 0 Å². The molecule has 0 fully saturated rings. The van der Waals surface area contributed by atoms with Gasteiger partial charge < -0.3 is 14.6 Å². The van der Waals surface area contributed by atoms with Gasteiger partial charge in [-0.3, -0.25) is 4.79 Å². The minimum absolute atomic E-state index is 0.0742. The molecule has 0 aliphatic carbocycles. The van der Waals surface area contributed by atoms with E-state index in [9.17, 15) is 4.79 Å². The summed E-state index contributed by atoms with van der Waals surface area (Å²) in [6.07, 6.45) is 10.5. The summed E-state index contributed by atoms with van der Waals surface area (Å²) in [5.41, 5.74) is 0. The smallest absolute Gasteiger partial charge is 0.305 e. The average Bonchev–Trinajstić information content (AvgIpc) is 2.45. The molecule has 0 saturated carbocycles. The second-order valence-corrected chi connectivity index (χ2v) is 5.13. The molecule has 0 atom stereocenters. The Bertz CT molecular complexity index is 187. The van der Waals surface area contributed by atoms with Crippen LogP contribution in [0.15, 0.2) is 0 Å². The van der Waals surface area contributed by atoms with Crippen molar-refractivity contribution >= 4 is 5.97 Å². The van der Waals surface area contributed by atoms with Crippen molar-refractivity contribution in [2.45, 2.75) is 71.1 Å². The third-order valence-corrected chi connectivity index (χ3v) is 3.17. The number of carbonyl (C=O) groups excluding carboxylic acids is 1. The highest BCUT2D eigenvalue weighted by Gasteiger charge is 2.02. The fourth-order valence-corrected chi connectivity index (χ4v) is 1.96. The Morgan fingerprint density at radius 1 is 0.850 bits per heavy atom. The molecule has 0 amide bonds. The van der Waals surface area contributed by atoms with Gasteiger partial charge in [-0.05, 0) is 19.3 Å². The molecule has 0 bridgehead atoms. The van der Waals surface area contributed by atoms with Crippen LogP contribution in [0.2, 0.25) is 0 Å². The van der Waals surface area contributed by atoms with Crippen molar-refractivity contribution in [3.05, 3.63) is 0 Å². The Kier molecular flexibility index (Phi) is 15.9. The molecule has 20 heavy (non-hydrogen) atoms. The fourth-order valence-electron chi connectivity index (χ4n) is 1.96. The van der Waals surface area contributed by atoms with E-state index in [1.807, 2.05) is 0 Å². The normalized spacial score (nSPS) is 10.7. The number of unbranched alkanes of at least 4 members (excludes halogenated alkanes) is 7. The van der Waals surface area contributed by atoms with E-state index in [0.29, 0.717) is 26.2 Å². The molecule has 0 radical (unpaired) electrons. The zero-order valence-electron chi connectivity index (χ0n) is 13.1. The number of carbonyl (C=O) groups is 1. The van der Waals surface area contributed by atoms with E-state index in [1.54, 1.807) is 0 Å². The first kappa shape index (κ1) is 19.4. The Labute approximate surface area is 123 Å². The van der Waals surface area contributed by atoms with E-state index in [4.69, 9.17) is 14.6 Å². The van der Waals surface area contributed by atoms with Gasteiger partial charge in [-0.1, -0.05) is 45.4 Å². The van der Waals surface area contributed by atoms with Crippen LogP contribution in [0.4, 0.5) is 0 Å². The van der Waals surface area contributed by atoms with E-state index in [-0.39, 0.29) is 12.6 Å². The van der Waals surface area contributed by atoms with Crippen LogP contribution in [0.25, 0.3) is 0 Å². The minimum Gasteiger partial charge on any atom is -0.466 e. The van der Waals surface area contributed by atoms with Crippen molar-refractivity contribution < 1.29 is 19.4 Å². The van der Waals surface area contributed by atoms with Gasteiger partial charge >= 0.3 is 5.97 Å².